The number of pyridine rings is 1. The number of para-hydroxylation sites is 1. The van der Waals surface area contributed by atoms with Gasteiger partial charge in [0.25, 0.3) is 0 Å². The summed E-state index contributed by atoms with van der Waals surface area (Å²) in [6, 6.07) is 11.3. The number of carbonyl (C=O) groups is 1. The van der Waals surface area contributed by atoms with Crippen LogP contribution in [0, 0.1) is 0 Å². The van der Waals surface area contributed by atoms with Crippen LogP contribution in [0.15, 0.2) is 42.7 Å². The number of imidazole rings is 1. The van der Waals surface area contributed by atoms with E-state index in [1.54, 1.807) is 18.5 Å². The summed E-state index contributed by atoms with van der Waals surface area (Å²) in [6.45, 7) is 2.00. The maximum absolute atomic E-state index is 11.7. The van der Waals surface area contributed by atoms with E-state index in [-0.39, 0.29) is 5.69 Å². The number of likely N-dealkylation sites (N-methyl/N-ethyl adjacent to an activating group) is 1. The topological polar surface area (TPSA) is 69.5 Å². The van der Waals surface area contributed by atoms with Gasteiger partial charge in [-0.3, -0.25) is 0 Å². The number of benzene rings is 1. The molecule has 0 radical (unpaired) electrons. The van der Waals surface area contributed by atoms with Crippen LogP contribution in [0.3, 0.4) is 0 Å². The summed E-state index contributed by atoms with van der Waals surface area (Å²) < 4.78 is 12.6. The van der Waals surface area contributed by atoms with Gasteiger partial charge in [-0.2, -0.15) is 0 Å². The zero-order chi connectivity index (χ0) is 18.5. The molecular weight excluding hydrogens is 332 g/mol. The standard InChI is InChI=1S/C19H22N4O3/c1-22(2)10-11-26-17-7-5-4-6-14(17)12-23-13-20-15-8-9-16(19(24)25-3)21-18(15)23/h4-9,13H,10-12H2,1-3H3. The fourth-order valence-electron chi connectivity index (χ4n) is 2.57. The number of ether oxygens (including phenoxy) is 2. The van der Waals surface area contributed by atoms with Gasteiger partial charge >= 0.3 is 5.97 Å². The van der Waals surface area contributed by atoms with Crippen LogP contribution < -0.4 is 4.74 Å². The Bertz CT molecular complexity index is 905. The lowest BCUT2D eigenvalue weighted by Crippen LogP contribution is -2.19. The Hall–Kier alpha value is -2.93. The predicted octanol–water partition coefficient (Wildman–Crippen LogP) is 2.21. The van der Waals surface area contributed by atoms with Crippen molar-refractivity contribution in [3.05, 3.63) is 54.0 Å². The Morgan fingerprint density at radius 1 is 1.19 bits per heavy atom. The van der Waals surface area contributed by atoms with Gasteiger partial charge in [0.05, 0.1) is 20.0 Å². The maximum atomic E-state index is 11.7. The molecule has 7 nitrogen and oxygen atoms in total. The molecular formula is C19H22N4O3. The molecule has 0 atom stereocenters. The van der Waals surface area contributed by atoms with Gasteiger partial charge in [-0.15, -0.1) is 0 Å². The molecule has 0 aliphatic rings. The van der Waals surface area contributed by atoms with E-state index < -0.39 is 5.97 Å². The monoisotopic (exact) mass is 354 g/mol. The predicted molar refractivity (Wildman–Crippen MR) is 98.5 cm³/mol. The lowest BCUT2D eigenvalue weighted by molar-refractivity contribution is 0.0594. The van der Waals surface area contributed by atoms with Crippen LogP contribution in [0.2, 0.25) is 0 Å². The molecule has 0 saturated carbocycles. The van der Waals surface area contributed by atoms with Crippen molar-refractivity contribution in [1.82, 2.24) is 19.4 Å². The molecule has 2 aromatic heterocycles. The van der Waals surface area contributed by atoms with E-state index in [9.17, 15) is 4.79 Å². The second-order valence-electron chi connectivity index (χ2n) is 6.16. The van der Waals surface area contributed by atoms with E-state index in [1.165, 1.54) is 7.11 Å². The summed E-state index contributed by atoms with van der Waals surface area (Å²) in [5.74, 6) is 0.368. The van der Waals surface area contributed by atoms with Gasteiger partial charge in [0.1, 0.15) is 17.9 Å². The fourth-order valence-corrected chi connectivity index (χ4v) is 2.57. The van der Waals surface area contributed by atoms with E-state index in [4.69, 9.17) is 9.47 Å². The van der Waals surface area contributed by atoms with Gasteiger partial charge < -0.3 is 18.9 Å². The third kappa shape index (κ3) is 4.00. The molecule has 0 amide bonds. The van der Waals surface area contributed by atoms with Crippen molar-refractivity contribution < 1.29 is 14.3 Å². The molecule has 0 fully saturated rings. The minimum absolute atomic E-state index is 0.261. The number of hydrogen-bond donors (Lipinski definition) is 0. The first-order valence-corrected chi connectivity index (χ1v) is 8.34. The van der Waals surface area contributed by atoms with Crippen LogP contribution in [0.1, 0.15) is 16.1 Å². The number of esters is 1. The average molecular weight is 354 g/mol. The van der Waals surface area contributed by atoms with Crippen molar-refractivity contribution >= 4 is 17.1 Å². The van der Waals surface area contributed by atoms with E-state index in [1.807, 2.05) is 42.9 Å². The summed E-state index contributed by atoms with van der Waals surface area (Å²) in [7, 11) is 5.36. The largest absolute Gasteiger partial charge is 0.492 e. The van der Waals surface area contributed by atoms with Crippen LogP contribution in [-0.2, 0) is 11.3 Å². The number of hydrogen-bond acceptors (Lipinski definition) is 6. The summed E-state index contributed by atoms with van der Waals surface area (Å²) in [6.07, 6.45) is 1.72. The van der Waals surface area contributed by atoms with Crippen LogP contribution in [0.4, 0.5) is 0 Å². The van der Waals surface area contributed by atoms with Gasteiger partial charge in [-0.25, -0.2) is 14.8 Å². The van der Waals surface area contributed by atoms with E-state index in [0.717, 1.165) is 23.4 Å². The highest BCUT2D eigenvalue weighted by atomic mass is 16.5. The number of rotatable bonds is 7. The van der Waals surface area contributed by atoms with Crippen LogP contribution in [0.5, 0.6) is 5.75 Å². The lowest BCUT2D eigenvalue weighted by atomic mass is 10.2. The quantitative estimate of drug-likeness (QED) is 0.606. The average Bonchev–Trinajstić information content (AvgIpc) is 3.04. The number of nitrogens with zero attached hydrogens (tertiary/aromatic N) is 4. The molecule has 1 aromatic carbocycles. The molecule has 26 heavy (non-hydrogen) atoms. The third-order valence-corrected chi connectivity index (χ3v) is 3.97. The summed E-state index contributed by atoms with van der Waals surface area (Å²) >= 11 is 0. The molecule has 0 unspecified atom stereocenters. The molecule has 0 saturated heterocycles. The number of aromatic nitrogens is 3. The Balaban J connectivity index is 1.86. The number of fused-ring (bicyclic) bond motifs is 1. The SMILES string of the molecule is COC(=O)c1ccc2ncn(Cc3ccccc3OCCN(C)C)c2n1. The van der Waals surface area contributed by atoms with Crippen molar-refractivity contribution in [1.29, 1.82) is 0 Å². The first-order chi connectivity index (χ1) is 12.6. The van der Waals surface area contributed by atoms with Crippen molar-refractivity contribution in [2.45, 2.75) is 6.54 Å². The van der Waals surface area contributed by atoms with Gasteiger partial charge in [-0.05, 0) is 32.3 Å². The van der Waals surface area contributed by atoms with Gasteiger partial charge in [0.15, 0.2) is 11.3 Å². The molecule has 7 heteroatoms. The Labute approximate surface area is 152 Å². The molecule has 0 aliphatic heterocycles. The first kappa shape index (κ1) is 17.9. The summed E-state index contributed by atoms with van der Waals surface area (Å²) in [5, 5.41) is 0. The number of methoxy groups -OCH3 is 1. The zero-order valence-electron chi connectivity index (χ0n) is 15.2. The lowest BCUT2D eigenvalue weighted by Gasteiger charge is -2.14. The minimum atomic E-state index is -0.466. The van der Waals surface area contributed by atoms with E-state index >= 15 is 0 Å². The molecule has 0 N–H and O–H groups in total. The van der Waals surface area contributed by atoms with E-state index in [0.29, 0.717) is 18.8 Å². The third-order valence-electron chi connectivity index (χ3n) is 3.97. The summed E-state index contributed by atoms with van der Waals surface area (Å²) in [4.78, 5) is 22.6. The smallest absolute Gasteiger partial charge is 0.356 e. The normalized spacial score (nSPS) is 11.1. The zero-order valence-corrected chi connectivity index (χ0v) is 15.2. The number of carbonyl (C=O) groups excluding carboxylic acids is 1. The molecule has 0 aliphatic carbocycles. The fraction of sp³-hybridized carbons (Fsp3) is 0.316. The Kier molecular flexibility index (Phi) is 5.48. The van der Waals surface area contributed by atoms with Crippen molar-refractivity contribution in [3.63, 3.8) is 0 Å². The highest BCUT2D eigenvalue weighted by molar-refractivity contribution is 5.89. The molecule has 3 aromatic rings. The van der Waals surface area contributed by atoms with Crippen LogP contribution in [-0.4, -0.2) is 59.8 Å². The van der Waals surface area contributed by atoms with Gasteiger partial charge in [-0.1, -0.05) is 18.2 Å². The van der Waals surface area contributed by atoms with Crippen molar-refractivity contribution in [2.75, 3.05) is 34.4 Å². The Morgan fingerprint density at radius 3 is 2.77 bits per heavy atom. The molecule has 0 bridgehead atoms. The van der Waals surface area contributed by atoms with Crippen molar-refractivity contribution in [3.8, 4) is 5.75 Å². The van der Waals surface area contributed by atoms with Crippen molar-refractivity contribution in [2.24, 2.45) is 0 Å². The van der Waals surface area contributed by atoms with E-state index in [2.05, 4.69) is 14.9 Å². The van der Waals surface area contributed by atoms with Crippen LogP contribution in [0.25, 0.3) is 11.2 Å². The Morgan fingerprint density at radius 2 is 2.00 bits per heavy atom. The molecule has 2 heterocycles. The van der Waals surface area contributed by atoms with Gasteiger partial charge in [0, 0.05) is 12.1 Å². The highest BCUT2D eigenvalue weighted by Crippen LogP contribution is 2.21. The second kappa shape index (κ2) is 7.97. The second-order valence-corrected chi connectivity index (χ2v) is 6.16. The maximum Gasteiger partial charge on any atom is 0.356 e. The van der Waals surface area contributed by atoms with Crippen LogP contribution >= 0.6 is 0 Å². The van der Waals surface area contributed by atoms with Gasteiger partial charge in [0.2, 0.25) is 0 Å². The minimum Gasteiger partial charge on any atom is -0.492 e. The molecule has 0 spiro atoms. The first-order valence-electron chi connectivity index (χ1n) is 8.34. The summed E-state index contributed by atoms with van der Waals surface area (Å²) in [5.41, 5.74) is 2.65. The molecule has 136 valence electrons. The highest BCUT2D eigenvalue weighted by Gasteiger charge is 2.13. The molecule has 3 rings (SSSR count).